The van der Waals surface area contributed by atoms with Crippen LogP contribution in [0.4, 0.5) is 0 Å². The molecule has 0 fully saturated rings. The van der Waals surface area contributed by atoms with Crippen LogP contribution in [0.2, 0.25) is 0 Å². The molecule has 2 atom stereocenters. The van der Waals surface area contributed by atoms with Crippen molar-refractivity contribution in [2.24, 2.45) is 0 Å². The van der Waals surface area contributed by atoms with Gasteiger partial charge in [0.15, 0.2) is 35.2 Å². The molecule has 210 valence electrons. The quantitative estimate of drug-likeness (QED) is 0.309. The van der Waals surface area contributed by atoms with E-state index in [1.807, 2.05) is 0 Å². The molecule has 2 aromatic rings. The van der Waals surface area contributed by atoms with E-state index in [1.54, 1.807) is 24.3 Å². The second kappa shape index (κ2) is 14.7. The first kappa shape index (κ1) is 30.3. The minimum Gasteiger partial charge on any atom is -0.493 e. The van der Waals surface area contributed by atoms with Gasteiger partial charge >= 0.3 is 11.9 Å². The number of carbonyl (C=O) groups excluding carboxylic acids is 2. The number of benzene rings is 2. The molecule has 38 heavy (non-hydrogen) atoms. The Labute approximate surface area is 221 Å². The van der Waals surface area contributed by atoms with Crippen LogP contribution in [-0.2, 0) is 41.8 Å². The smallest absolute Gasteiger partial charge is 0.338 e. The number of carbonyl (C=O) groups is 2. The van der Waals surface area contributed by atoms with Crippen LogP contribution in [0.5, 0.6) is 34.5 Å². The highest BCUT2D eigenvalue weighted by Crippen LogP contribution is 2.39. The van der Waals surface area contributed by atoms with Gasteiger partial charge in [0, 0.05) is 0 Å². The summed E-state index contributed by atoms with van der Waals surface area (Å²) in [5.74, 6) is 0.683. The molecule has 0 aromatic heterocycles. The highest BCUT2D eigenvalue weighted by molar-refractivity contribution is 5.85. The summed E-state index contributed by atoms with van der Waals surface area (Å²) in [6.45, 7) is -0.255. The first-order valence-corrected chi connectivity index (χ1v) is 11.3. The lowest BCUT2D eigenvalue weighted by Gasteiger charge is -2.24. The van der Waals surface area contributed by atoms with Gasteiger partial charge in [0.25, 0.3) is 0 Å². The summed E-state index contributed by atoms with van der Waals surface area (Å²) in [6.07, 6.45) is -2.93. The van der Waals surface area contributed by atoms with Crippen LogP contribution in [0.3, 0.4) is 0 Å². The summed E-state index contributed by atoms with van der Waals surface area (Å²) in [7, 11) is 11.2. The predicted octanol–water partition coefficient (Wildman–Crippen LogP) is 2.55. The molecule has 0 N–H and O–H groups in total. The maximum Gasteiger partial charge on any atom is 0.338 e. The highest BCUT2D eigenvalue weighted by Gasteiger charge is 2.38. The number of esters is 2. The normalized spacial score (nSPS) is 12.1. The molecule has 0 aliphatic carbocycles. The van der Waals surface area contributed by atoms with E-state index < -0.39 is 24.1 Å². The fourth-order valence-electron chi connectivity index (χ4n) is 3.60. The molecule has 0 unspecified atom stereocenters. The van der Waals surface area contributed by atoms with Gasteiger partial charge in [-0.05, 0) is 35.4 Å². The minimum atomic E-state index is -1.46. The van der Waals surface area contributed by atoms with E-state index in [9.17, 15) is 9.59 Å². The molecular weight excluding hydrogens is 504 g/mol. The van der Waals surface area contributed by atoms with Crippen molar-refractivity contribution in [1.82, 2.24) is 0 Å². The van der Waals surface area contributed by atoms with Crippen molar-refractivity contribution >= 4 is 11.9 Å². The van der Waals surface area contributed by atoms with E-state index in [2.05, 4.69) is 0 Å². The van der Waals surface area contributed by atoms with E-state index in [4.69, 9.17) is 47.4 Å². The molecule has 0 aliphatic heterocycles. The molecule has 0 amide bonds. The summed E-state index contributed by atoms with van der Waals surface area (Å²) in [5, 5.41) is 0. The minimum absolute atomic E-state index is 0.127. The lowest BCUT2D eigenvalue weighted by molar-refractivity contribution is -0.182. The predicted molar refractivity (Wildman–Crippen MR) is 133 cm³/mol. The lowest BCUT2D eigenvalue weighted by Crippen LogP contribution is -2.44. The Morgan fingerprint density at radius 2 is 0.816 bits per heavy atom. The second-order valence-corrected chi connectivity index (χ2v) is 7.58. The van der Waals surface area contributed by atoms with Crippen molar-refractivity contribution in [2.75, 3.05) is 56.9 Å². The average molecular weight is 539 g/mol. The molecule has 12 heteroatoms. The lowest BCUT2D eigenvalue weighted by atomic mass is 10.1. The van der Waals surface area contributed by atoms with Crippen molar-refractivity contribution in [2.45, 2.75) is 25.4 Å². The highest BCUT2D eigenvalue weighted by atomic mass is 16.6. The Hall–Kier alpha value is -3.90. The van der Waals surface area contributed by atoms with Gasteiger partial charge in [0.2, 0.25) is 11.5 Å². The van der Waals surface area contributed by atoms with Gasteiger partial charge in [0.1, 0.15) is 0 Å². The summed E-state index contributed by atoms with van der Waals surface area (Å²) < 4.78 is 53.5. The fraction of sp³-hybridized carbons (Fsp3) is 0.462. The zero-order valence-corrected chi connectivity index (χ0v) is 22.8. The molecule has 0 bridgehead atoms. The maximum absolute atomic E-state index is 12.7. The van der Waals surface area contributed by atoms with Gasteiger partial charge in [-0.3, -0.25) is 0 Å². The molecule has 0 spiro atoms. The largest absolute Gasteiger partial charge is 0.493 e. The SMILES string of the molecule is COC(=O)[C@H](OCc1cc(OC)c(OC)c(OC)c1)[C@@H](OCc1cc(OC)c(OC)c(OC)c1)C(=O)OC. The van der Waals surface area contributed by atoms with Gasteiger partial charge in [-0.15, -0.1) is 0 Å². The van der Waals surface area contributed by atoms with E-state index in [0.29, 0.717) is 45.6 Å². The van der Waals surface area contributed by atoms with Crippen molar-refractivity contribution in [3.63, 3.8) is 0 Å². The molecule has 0 saturated heterocycles. The summed E-state index contributed by atoms with van der Waals surface area (Å²) in [4.78, 5) is 25.4. The van der Waals surface area contributed by atoms with Crippen molar-refractivity contribution in [1.29, 1.82) is 0 Å². The molecule has 0 radical (unpaired) electrons. The van der Waals surface area contributed by atoms with E-state index >= 15 is 0 Å². The van der Waals surface area contributed by atoms with Crippen LogP contribution in [0, 0.1) is 0 Å². The first-order chi connectivity index (χ1) is 18.3. The molecule has 0 aliphatic rings. The zero-order chi connectivity index (χ0) is 28.2. The van der Waals surface area contributed by atoms with Crippen molar-refractivity contribution < 1.29 is 57.0 Å². The molecular formula is C26H34O12. The first-order valence-electron chi connectivity index (χ1n) is 11.3. The Balaban J connectivity index is 2.34. The number of hydrogen-bond donors (Lipinski definition) is 0. The van der Waals surface area contributed by atoms with Crippen molar-refractivity contribution in [3.05, 3.63) is 35.4 Å². The third kappa shape index (κ3) is 7.11. The fourth-order valence-corrected chi connectivity index (χ4v) is 3.60. The van der Waals surface area contributed by atoms with Crippen LogP contribution in [0.15, 0.2) is 24.3 Å². The number of rotatable bonds is 15. The zero-order valence-electron chi connectivity index (χ0n) is 22.8. The third-order valence-electron chi connectivity index (χ3n) is 5.45. The Kier molecular flexibility index (Phi) is 11.8. The number of ether oxygens (including phenoxy) is 10. The van der Waals surface area contributed by atoms with Crippen LogP contribution < -0.4 is 28.4 Å². The summed E-state index contributed by atoms with van der Waals surface area (Å²) in [5.41, 5.74) is 1.14. The summed E-state index contributed by atoms with van der Waals surface area (Å²) >= 11 is 0. The van der Waals surface area contributed by atoms with E-state index in [0.717, 1.165) is 0 Å². The molecule has 2 aromatic carbocycles. The van der Waals surface area contributed by atoms with Crippen LogP contribution >= 0.6 is 0 Å². The van der Waals surface area contributed by atoms with E-state index in [-0.39, 0.29) is 13.2 Å². The van der Waals surface area contributed by atoms with Gasteiger partial charge in [0.05, 0.1) is 70.1 Å². The molecule has 0 saturated carbocycles. The Morgan fingerprint density at radius 1 is 0.526 bits per heavy atom. The van der Waals surface area contributed by atoms with Crippen LogP contribution in [0.25, 0.3) is 0 Å². The van der Waals surface area contributed by atoms with Crippen molar-refractivity contribution in [3.8, 4) is 34.5 Å². The van der Waals surface area contributed by atoms with E-state index in [1.165, 1.54) is 56.9 Å². The molecule has 2 rings (SSSR count). The molecule has 12 nitrogen and oxygen atoms in total. The second-order valence-electron chi connectivity index (χ2n) is 7.58. The number of methoxy groups -OCH3 is 8. The van der Waals surface area contributed by atoms with Gasteiger partial charge < -0.3 is 47.4 Å². The molecule has 0 heterocycles. The Morgan fingerprint density at radius 3 is 1.03 bits per heavy atom. The van der Waals surface area contributed by atoms with Crippen LogP contribution in [0.1, 0.15) is 11.1 Å². The standard InChI is InChI=1S/C26H34O12/c1-29-17-9-15(10-18(30-2)21(17)33-5)13-37-23(25(27)35-7)24(26(28)36-8)38-14-16-11-19(31-3)22(34-6)20(12-16)32-4/h9-12,23-24H,13-14H2,1-8H3/t23-,24-/m1/s1. The average Bonchev–Trinajstić information content (AvgIpc) is 2.96. The third-order valence-corrected chi connectivity index (χ3v) is 5.45. The van der Waals surface area contributed by atoms with Gasteiger partial charge in [-0.2, -0.15) is 0 Å². The monoisotopic (exact) mass is 538 g/mol. The Bertz CT molecular complexity index is 948. The van der Waals surface area contributed by atoms with Gasteiger partial charge in [-0.25, -0.2) is 9.59 Å². The maximum atomic E-state index is 12.7. The topological polar surface area (TPSA) is 126 Å². The van der Waals surface area contributed by atoms with Gasteiger partial charge in [-0.1, -0.05) is 0 Å². The summed E-state index contributed by atoms with van der Waals surface area (Å²) in [6, 6.07) is 6.61. The number of hydrogen-bond acceptors (Lipinski definition) is 12. The van der Waals surface area contributed by atoms with Crippen LogP contribution in [-0.4, -0.2) is 81.0 Å².